The Balaban J connectivity index is 1.66. The van der Waals surface area contributed by atoms with Crippen molar-refractivity contribution < 1.29 is 19.2 Å². The molecule has 1 heterocycles. The first kappa shape index (κ1) is 19.3. The first-order valence-corrected chi connectivity index (χ1v) is 9.07. The number of ether oxygens (including phenoxy) is 2. The first-order chi connectivity index (χ1) is 13.5. The maximum Gasteiger partial charge on any atom is 0.310 e. The highest BCUT2D eigenvalue weighted by Crippen LogP contribution is 2.31. The predicted molar refractivity (Wildman–Crippen MR) is 106 cm³/mol. The van der Waals surface area contributed by atoms with Crippen LogP contribution in [-0.2, 0) is 4.79 Å². The number of rotatable bonds is 7. The van der Waals surface area contributed by atoms with Gasteiger partial charge >= 0.3 is 5.69 Å². The van der Waals surface area contributed by atoms with E-state index < -0.39 is 10.8 Å². The largest absolute Gasteiger partial charge is 0.497 e. The molecule has 3 aromatic rings. The van der Waals surface area contributed by atoms with Gasteiger partial charge in [-0.1, -0.05) is 12.1 Å². The molecule has 1 amide bonds. The Labute approximate surface area is 164 Å². The van der Waals surface area contributed by atoms with Gasteiger partial charge in [-0.15, -0.1) is 11.3 Å². The lowest BCUT2D eigenvalue weighted by Gasteiger charge is -2.06. The average molecular weight is 399 g/mol. The quantitative estimate of drug-likeness (QED) is 0.475. The van der Waals surface area contributed by atoms with Gasteiger partial charge in [0, 0.05) is 16.5 Å². The number of carbonyl (C=O) groups excluding carboxylic acids is 1. The van der Waals surface area contributed by atoms with Gasteiger partial charge in [0.2, 0.25) is 0 Å². The summed E-state index contributed by atoms with van der Waals surface area (Å²) in [6, 6.07) is 13.4. The van der Waals surface area contributed by atoms with Crippen molar-refractivity contribution in [2.75, 3.05) is 19.0 Å². The molecule has 0 aliphatic carbocycles. The summed E-state index contributed by atoms with van der Waals surface area (Å²) in [6.07, 6.45) is 0. The summed E-state index contributed by atoms with van der Waals surface area (Å²) in [6.45, 7) is 1.55. The van der Waals surface area contributed by atoms with Crippen LogP contribution in [0.15, 0.2) is 48.5 Å². The third-order valence-corrected chi connectivity index (χ3v) is 4.71. The van der Waals surface area contributed by atoms with Gasteiger partial charge in [0.15, 0.2) is 17.5 Å². The Bertz CT molecular complexity index is 1000. The lowest BCUT2D eigenvalue weighted by atomic mass is 10.1. The third kappa shape index (κ3) is 4.44. The molecule has 3 rings (SSSR count). The lowest BCUT2D eigenvalue weighted by molar-refractivity contribution is -0.385. The molecule has 28 heavy (non-hydrogen) atoms. The van der Waals surface area contributed by atoms with Crippen molar-refractivity contribution in [3.8, 4) is 22.8 Å². The second-order valence-corrected chi connectivity index (χ2v) is 6.92. The Morgan fingerprint density at radius 3 is 2.61 bits per heavy atom. The molecule has 2 aromatic carbocycles. The molecule has 144 valence electrons. The second-order valence-electron chi connectivity index (χ2n) is 5.71. The minimum Gasteiger partial charge on any atom is -0.497 e. The number of carbonyl (C=O) groups is 1. The average Bonchev–Trinajstić information content (AvgIpc) is 3.06. The zero-order chi connectivity index (χ0) is 20.1. The summed E-state index contributed by atoms with van der Waals surface area (Å²) in [5, 5.41) is 14.1. The Hall–Kier alpha value is -3.46. The van der Waals surface area contributed by atoms with Crippen LogP contribution in [0.4, 0.5) is 10.8 Å². The van der Waals surface area contributed by atoms with E-state index in [4.69, 9.17) is 9.47 Å². The normalized spacial score (nSPS) is 10.4. The highest BCUT2D eigenvalue weighted by molar-refractivity contribution is 7.16. The first-order valence-electron chi connectivity index (χ1n) is 8.26. The number of aryl methyl sites for hydroxylation is 1. The minimum atomic E-state index is -0.557. The molecule has 0 saturated carbocycles. The maximum absolute atomic E-state index is 12.2. The molecular formula is C19H17N3O5S. The van der Waals surface area contributed by atoms with Crippen molar-refractivity contribution >= 4 is 28.1 Å². The van der Waals surface area contributed by atoms with E-state index in [0.29, 0.717) is 5.13 Å². The lowest BCUT2D eigenvalue weighted by Crippen LogP contribution is -2.20. The van der Waals surface area contributed by atoms with E-state index in [0.717, 1.165) is 21.9 Å². The summed E-state index contributed by atoms with van der Waals surface area (Å²) in [4.78, 5) is 28.0. The fourth-order valence-electron chi connectivity index (χ4n) is 2.50. The summed E-state index contributed by atoms with van der Waals surface area (Å²) in [7, 11) is 1.60. The van der Waals surface area contributed by atoms with Gasteiger partial charge in [-0.3, -0.25) is 20.2 Å². The van der Waals surface area contributed by atoms with Crippen LogP contribution in [-0.4, -0.2) is 29.5 Å². The van der Waals surface area contributed by atoms with E-state index in [-0.39, 0.29) is 18.0 Å². The van der Waals surface area contributed by atoms with Gasteiger partial charge < -0.3 is 9.47 Å². The number of nitrogens with zero attached hydrogens (tertiary/aromatic N) is 2. The van der Waals surface area contributed by atoms with Crippen LogP contribution in [0.3, 0.4) is 0 Å². The Morgan fingerprint density at radius 2 is 1.93 bits per heavy atom. The standard InChI is InChI=1S/C19H17N3O5S/c1-12-18(13-7-9-14(26-2)10-8-13)21-19(28-12)20-17(23)11-27-16-6-4-3-5-15(16)22(24)25/h3-10H,11H2,1-2H3,(H,20,21,23). The van der Waals surface area contributed by atoms with Gasteiger partial charge in [-0.2, -0.15) is 0 Å². The van der Waals surface area contributed by atoms with Crippen LogP contribution in [0.1, 0.15) is 4.88 Å². The molecule has 0 saturated heterocycles. The van der Waals surface area contributed by atoms with Crippen LogP contribution in [0.25, 0.3) is 11.3 Å². The molecule has 9 heteroatoms. The number of amides is 1. The molecular weight excluding hydrogens is 382 g/mol. The van der Waals surface area contributed by atoms with E-state index in [9.17, 15) is 14.9 Å². The van der Waals surface area contributed by atoms with Crippen molar-refractivity contribution in [2.45, 2.75) is 6.92 Å². The number of thiazole rings is 1. The summed E-state index contributed by atoms with van der Waals surface area (Å²) in [5.74, 6) is 0.336. The van der Waals surface area contributed by atoms with Crippen LogP contribution in [0, 0.1) is 17.0 Å². The third-order valence-electron chi connectivity index (χ3n) is 3.83. The monoisotopic (exact) mass is 399 g/mol. The SMILES string of the molecule is COc1ccc(-c2nc(NC(=O)COc3ccccc3[N+](=O)[O-])sc2C)cc1. The number of methoxy groups -OCH3 is 1. The van der Waals surface area contributed by atoms with Gasteiger partial charge in [-0.05, 0) is 37.3 Å². The van der Waals surface area contributed by atoms with Crippen molar-refractivity contribution in [3.63, 3.8) is 0 Å². The predicted octanol–water partition coefficient (Wildman–Crippen LogP) is 4.05. The van der Waals surface area contributed by atoms with Gasteiger partial charge in [-0.25, -0.2) is 4.98 Å². The van der Waals surface area contributed by atoms with Crippen LogP contribution < -0.4 is 14.8 Å². The topological polar surface area (TPSA) is 104 Å². The van der Waals surface area contributed by atoms with Crippen molar-refractivity contribution in [3.05, 3.63) is 63.5 Å². The van der Waals surface area contributed by atoms with E-state index in [2.05, 4.69) is 10.3 Å². The summed E-state index contributed by atoms with van der Waals surface area (Å²) < 4.78 is 10.4. The van der Waals surface area contributed by atoms with E-state index in [1.54, 1.807) is 13.2 Å². The minimum absolute atomic E-state index is 0.0388. The number of para-hydroxylation sites is 2. The fraction of sp³-hybridized carbons (Fsp3) is 0.158. The summed E-state index contributed by atoms with van der Waals surface area (Å²) in [5.41, 5.74) is 1.48. The smallest absolute Gasteiger partial charge is 0.310 e. The molecule has 1 aromatic heterocycles. The highest BCUT2D eigenvalue weighted by Gasteiger charge is 2.16. The van der Waals surface area contributed by atoms with Crippen molar-refractivity contribution in [2.24, 2.45) is 0 Å². The Morgan fingerprint density at radius 1 is 1.21 bits per heavy atom. The number of hydrogen-bond donors (Lipinski definition) is 1. The van der Waals surface area contributed by atoms with E-state index in [1.807, 2.05) is 31.2 Å². The summed E-state index contributed by atoms with van der Waals surface area (Å²) >= 11 is 1.34. The number of anilines is 1. The van der Waals surface area contributed by atoms with Crippen molar-refractivity contribution in [1.29, 1.82) is 0 Å². The second kappa shape index (κ2) is 8.49. The molecule has 8 nitrogen and oxygen atoms in total. The van der Waals surface area contributed by atoms with Gasteiger partial charge in [0.05, 0.1) is 17.7 Å². The number of nitro benzene ring substituents is 1. The Kier molecular flexibility index (Phi) is 5.85. The molecule has 0 unspecified atom stereocenters. The molecule has 0 spiro atoms. The van der Waals surface area contributed by atoms with Crippen LogP contribution >= 0.6 is 11.3 Å². The van der Waals surface area contributed by atoms with E-state index in [1.165, 1.54) is 29.5 Å². The maximum atomic E-state index is 12.2. The number of nitro groups is 1. The highest BCUT2D eigenvalue weighted by atomic mass is 32.1. The number of aromatic nitrogens is 1. The number of hydrogen-bond acceptors (Lipinski definition) is 7. The number of nitrogens with one attached hydrogen (secondary N) is 1. The number of benzene rings is 2. The molecule has 0 bridgehead atoms. The molecule has 1 N–H and O–H groups in total. The zero-order valence-electron chi connectivity index (χ0n) is 15.2. The fourth-order valence-corrected chi connectivity index (χ4v) is 3.35. The molecule has 0 atom stereocenters. The van der Waals surface area contributed by atoms with Crippen LogP contribution in [0.5, 0.6) is 11.5 Å². The molecule has 0 aliphatic rings. The molecule has 0 aliphatic heterocycles. The zero-order valence-corrected chi connectivity index (χ0v) is 16.0. The van der Waals surface area contributed by atoms with Gasteiger partial charge in [0.25, 0.3) is 5.91 Å². The van der Waals surface area contributed by atoms with Crippen molar-refractivity contribution in [1.82, 2.24) is 4.98 Å². The molecule has 0 radical (unpaired) electrons. The van der Waals surface area contributed by atoms with Gasteiger partial charge in [0.1, 0.15) is 5.75 Å². The van der Waals surface area contributed by atoms with Crippen LogP contribution in [0.2, 0.25) is 0 Å². The molecule has 0 fully saturated rings. The van der Waals surface area contributed by atoms with E-state index >= 15 is 0 Å².